The van der Waals surface area contributed by atoms with Gasteiger partial charge in [-0.05, 0) is 48.8 Å². The minimum Gasteiger partial charge on any atom is -0.512 e. The molecule has 0 spiro atoms. The topological polar surface area (TPSA) is 54.6 Å². The second-order valence-corrected chi connectivity index (χ2v) is 13.9. The Balaban J connectivity index is 0.000000322. The summed E-state index contributed by atoms with van der Waals surface area (Å²) in [4.78, 5) is 17.3. The Morgan fingerprint density at radius 3 is 2.21 bits per heavy atom. The van der Waals surface area contributed by atoms with E-state index in [4.69, 9.17) is 0 Å². The van der Waals surface area contributed by atoms with Crippen LogP contribution < -0.4 is 0 Å². The molecule has 4 nitrogen and oxygen atoms in total. The molecule has 2 aromatic heterocycles. The van der Waals surface area contributed by atoms with E-state index in [1.54, 1.807) is 24.4 Å². The van der Waals surface area contributed by atoms with Crippen LogP contribution >= 0.6 is 11.3 Å². The van der Waals surface area contributed by atoms with Crippen molar-refractivity contribution in [3.63, 3.8) is 0 Å². The third-order valence-electron chi connectivity index (χ3n) is 8.52. The molecule has 0 fully saturated rings. The van der Waals surface area contributed by atoms with Gasteiger partial charge in [-0.3, -0.25) is 9.78 Å². The van der Waals surface area contributed by atoms with Crippen LogP contribution in [0.3, 0.4) is 0 Å². The Kier molecular flexibility index (Phi) is 13.0. The number of allylic oxidation sites excluding steroid dienone is 2. The van der Waals surface area contributed by atoms with Gasteiger partial charge in [0, 0.05) is 38.0 Å². The fourth-order valence-electron chi connectivity index (χ4n) is 5.86. The molecular weight excluding hydrogens is 798 g/mol. The number of imidazole rings is 1. The Bertz CT molecular complexity index is 1840. The van der Waals surface area contributed by atoms with Crippen molar-refractivity contribution in [3.05, 3.63) is 83.8 Å². The number of nitrogens with zero attached hydrogens (tertiary/aromatic N) is 2. The van der Waals surface area contributed by atoms with Crippen molar-refractivity contribution < 1.29 is 43.2 Å². The number of carbonyl (C=O) groups is 1. The largest absolute Gasteiger partial charge is 0.512 e. The number of aliphatic hydroxyl groups excluding tert-OH is 1. The van der Waals surface area contributed by atoms with Crippen LogP contribution in [0.15, 0.2) is 66.6 Å². The maximum atomic E-state index is 12.8. The van der Waals surface area contributed by atoms with Gasteiger partial charge < -0.3 is 9.51 Å². The second-order valence-electron chi connectivity index (χ2n) is 12.8. The molecule has 0 amide bonds. The number of benzene rings is 3. The summed E-state index contributed by atoms with van der Waals surface area (Å²) < 4.78 is 41.3. The Morgan fingerprint density at radius 2 is 1.62 bits per heavy atom. The summed E-state index contributed by atoms with van der Waals surface area (Å²) in [6.07, 6.45) is 1.55. The summed E-state index contributed by atoms with van der Waals surface area (Å²) in [5, 5.41) is 11.9. The monoisotopic (exact) mass is 842 g/mol. The first kappa shape index (κ1) is 38.4. The number of ketones is 1. The van der Waals surface area contributed by atoms with Crippen LogP contribution in [0, 0.1) is 17.9 Å². The smallest absolute Gasteiger partial charge is 0.393 e. The van der Waals surface area contributed by atoms with E-state index in [0.29, 0.717) is 0 Å². The molecule has 3 aromatic carbocycles. The number of halogens is 3. The first-order chi connectivity index (χ1) is 21.7. The van der Waals surface area contributed by atoms with Gasteiger partial charge in [0.25, 0.3) is 0 Å². The van der Waals surface area contributed by atoms with Crippen LogP contribution in [-0.4, -0.2) is 26.5 Å². The predicted octanol–water partition coefficient (Wildman–Crippen LogP) is 11.4. The van der Waals surface area contributed by atoms with Gasteiger partial charge in [-0.2, -0.15) is 13.2 Å². The van der Waals surface area contributed by atoms with Gasteiger partial charge in [-0.1, -0.05) is 83.7 Å². The van der Waals surface area contributed by atoms with E-state index in [-0.39, 0.29) is 54.5 Å². The summed E-state index contributed by atoms with van der Waals surface area (Å²) in [7, 11) is 0. The van der Waals surface area contributed by atoms with Gasteiger partial charge in [-0.15, -0.1) is 40.5 Å². The first-order valence-corrected chi connectivity index (χ1v) is 16.9. The van der Waals surface area contributed by atoms with Crippen molar-refractivity contribution in [1.29, 1.82) is 0 Å². The fourth-order valence-corrected chi connectivity index (χ4v) is 6.94. The van der Waals surface area contributed by atoms with Crippen LogP contribution in [0.25, 0.3) is 37.2 Å². The van der Waals surface area contributed by atoms with Crippen LogP contribution in [0.5, 0.6) is 0 Å². The van der Waals surface area contributed by atoms with Crippen LogP contribution in [0.2, 0.25) is 0 Å². The normalized spacial score (nSPS) is 12.6. The molecule has 0 atom stereocenters. The third-order valence-corrected chi connectivity index (χ3v) is 9.56. The van der Waals surface area contributed by atoms with Gasteiger partial charge in [-0.25, -0.2) is 0 Å². The number of fused-ring (bicyclic) bond motifs is 4. The van der Waals surface area contributed by atoms with Crippen molar-refractivity contribution in [2.45, 2.75) is 92.2 Å². The number of alkyl halides is 3. The van der Waals surface area contributed by atoms with Crippen molar-refractivity contribution in [3.8, 4) is 11.4 Å². The first-order valence-electron chi connectivity index (χ1n) is 16.1. The zero-order valence-electron chi connectivity index (χ0n) is 28.1. The van der Waals surface area contributed by atoms with Crippen molar-refractivity contribution in [1.82, 2.24) is 9.38 Å². The van der Waals surface area contributed by atoms with Gasteiger partial charge in [0.1, 0.15) is 4.83 Å². The van der Waals surface area contributed by atoms with Crippen LogP contribution in [0.1, 0.15) is 85.3 Å². The Labute approximate surface area is 293 Å². The van der Waals surface area contributed by atoms with E-state index in [0.717, 1.165) is 57.5 Å². The summed E-state index contributed by atoms with van der Waals surface area (Å²) >= 11 is 1.45. The molecule has 1 radical (unpaired) electrons. The number of aromatic nitrogens is 2. The van der Waals surface area contributed by atoms with Crippen molar-refractivity contribution in [2.75, 3.05) is 0 Å². The molecule has 1 N–H and O–H groups in total. The van der Waals surface area contributed by atoms with Crippen molar-refractivity contribution >= 4 is 42.9 Å². The quantitative estimate of drug-likeness (QED) is 0.0914. The minimum atomic E-state index is -4.22. The average molecular weight is 842 g/mol. The van der Waals surface area contributed by atoms with Crippen molar-refractivity contribution in [2.24, 2.45) is 11.8 Å². The van der Waals surface area contributed by atoms with Crippen LogP contribution in [-0.2, 0) is 36.7 Å². The molecule has 0 saturated heterocycles. The Hall–Kier alpha value is -3.00. The molecule has 0 saturated carbocycles. The molecule has 255 valence electrons. The molecule has 0 aliphatic carbocycles. The van der Waals surface area contributed by atoms with Gasteiger partial charge in [0.2, 0.25) is 0 Å². The number of thiazole rings is 1. The molecule has 9 heteroatoms. The molecule has 0 aliphatic rings. The molecular formula is C38H44F3IrN2O2S-. The van der Waals surface area contributed by atoms with Gasteiger partial charge in [0.15, 0.2) is 5.78 Å². The van der Waals surface area contributed by atoms with E-state index < -0.39 is 12.6 Å². The maximum absolute atomic E-state index is 12.8. The number of hydrogen-bond acceptors (Lipinski definition) is 4. The average Bonchev–Trinajstić information content (AvgIpc) is 3.56. The van der Waals surface area contributed by atoms with E-state index in [1.165, 1.54) is 28.4 Å². The fraction of sp³-hybridized carbons (Fsp3) is 0.421. The predicted molar refractivity (Wildman–Crippen MR) is 185 cm³/mol. The number of rotatable bonds is 9. The van der Waals surface area contributed by atoms with E-state index in [1.807, 2.05) is 50.3 Å². The molecule has 5 aromatic rings. The summed E-state index contributed by atoms with van der Waals surface area (Å²) in [5.74, 6) is 1.30. The summed E-state index contributed by atoms with van der Waals surface area (Å²) in [6, 6.07) is 18.8. The molecule has 47 heavy (non-hydrogen) atoms. The SMILES string of the molecule is CC(C)(C)c1cc(-c2ncc3sc4cc(CC(F)(F)F)ccc4n23)[c-]c2ccccc12.CCC(CC)C(=O)/C=C(\O)C(CC)CC.[Ir]. The summed E-state index contributed by atoms with van der Waals surface area (Å²) in [6.45, 7) is 14.6. The number of aliphatic hydroxyl groups is 1. The summed E-state index contributed by atoms with van der Waals surface area (Å²) in [5.41, 5.74) is 3.15. The zero-order chi connectivity index (χ0) is 33.8. The number of hydrogen-bond donors (Lipinski definition) is 1. The second kappa shape index (κ2) is 15.9. The molecule has 0 aliphatic heterocycles. The molecule has 5 rings (SSSR count). The van der Waals surface area contributed by atoms with E-state index in [9.17, 15) is 23.1 Å². The maximum Gasteiger partial charge on any atom is 0.393 e. The number of carbonyl (C=O) groups excluding carboxylic acids is 1. The zero-order valence-corrected chi connectivity index (χ0v) is 31.3. The Morgan fingerprint density at radius 1 is 0.979 bits per heavy atom. The van der Waals surface area contributed by atoms with Crippen LogP contribution in [0.4, 0.5) is 13.2 Å². The molecule has 0 bridgehead atoms. The minimum absolute atomic E-state index is 0. The van der Waals surface area contributed by atoms with E-state index >= 15 is 0 Å². The molecule has 2 heterocycles. The third kappa shape index (κ3) is 9.13. The van der Waals surface area contributed by atoms with E-state index in [2.05, 4.69) is 44.0 Å². The van der Waals surface area contributed by atoms with Gasteiger partial charge in [0.05, 0.1) is 34.4 Å². The standard InChI is InChI=1S/C25H20F3N2S.C13H24O2.Ir/c1-24(2,3)19-12-17(11-16-6-4-5-7-18(16)19)23-29-14-22-30(23)20-9-8-15(10-21(20)31-22)13-25(26,27)28;1-5-10(6-2)12(14)9-13(15)11(7-3)8-4;/h4-10,12,14H,13H2,1-3H3;9-11,14H,5-8H2,1-4H3;/q-1;;/b;12-9-;. The molecule has 0 unspecified atom stereocenters. The van der Waals surface area contributed by atoms with Gasteiger partial charge >= 0.3 is 6.18 Å².